The Kier molecular flexibility index (Phi) is 5.06. The monoisotopic (exact) mass is 376 g/mol. The molecule has 25 heavy (non-hydrogen) atoms. The van der Waals surface area contributed by atoms with E-state index in [4.69, 9.17) is 22.7 Å². The molecule has 0 bridgehead atoms. The summed E-state index contributed by atoms with van der Waals surface area (Å²) in [6.07, 6.45) is 0.389. The summed E-state index contributed by atoms with van der Waals surface area (Å²) in [5.41, 5.74) is 6.83. The molecule has 8 heteroatoms. The highest BCUT2D eigenvalue weighted by Crippen LogP contribution is 2.25. The smallest absolute Gasteiger partial charge is 0.261 e. The van der Waals surface area contributed by atoms with Crippen molar-refractivity contribution in [2.45, 2.75) is 6.42 Å². The van der Waals surface area contributed by atoms with Gasteiger partial charge < -0.3 is 16.0 Å². The molecule has 2 aromatic rings. The molecule has 1 aromatic heterocycles. The third kappa shape index (κ3) is 4.00. The first-order valence-electron chi connectivity index (χ1n) is 7.72. The molecule has 1 aliphatic rings. The Hall–Kier alpha value is -2.38. The van der Waals surface area contributed by atoms with Crippen molar-refractivity contribution < 1.29 is 9.59 Å². The molecule has 6 nitrogen and oxygen atoms in total. The van der Waals surface area contributed by atoms with Gasteiger partial charge in [0, 0.05) is 36.7 Å². The molecule has 1 aliphatic heterocycles. The first-order chi connectivity index (χ1) is 11.9. The Balaban J connectivity index is 1.58. The van der Waals surface area contributed by atoms with Gasteiger partial charge in [-0.3, -0.25) is 15.0 Å². The van der Waals surface area contributed by atoms with Gasteiger partial charge in [0.1, 0.15) is 5.84 Å². The summed E-state index contributed by atoms with van der Waals surface area (Å²) in [5, 5.41) is 10.3. The van der Waals surface area contributed by atoms with Crippen molar-refractivity contribution in [2.24, 2.45) is 11.7 Å². The second-order valence-corrected chi connectivity index (χ2v) is 7.56. The van der Waals surface area contributed by atoms with Gasteiger partial charge in [0.05, 0.1) is 9.21 Å². The standard InChI is InChI=1S/C17H17ClN4O2S/c18-14-6-5-13(25-14)17(24)21-8-10-7-15(23)22(9-10)12-3-1-11(2-4-12)16(19)20/h1-6,10H,7-9H2,(H3,19,20)(H,21,24). The molecule has 1 atom stereocenters. The second-order valence-electron chi connectivity index (χ2n) is 5.85. The van der Waals surface area contributed by atoms with E-state index in [1.807, 2.05) is 0 Å². The average molecular weight is 377 g/mol. The summed E-state index contributed by atoms with van der Waals surface area (Å²) < 4.78 is 0.571. The number of nitrogens with two attached hydrogens (primary N) is 1. The summed E-state index contributed by atoms with van der Waals surface area (Å²) in [6.45, 7) is 0.978. The Labute approximate surface area is 154 Å². The first kappa shape index (κ1) is 17.4. The number of nitrogens with one attached hydrogen (secondary N) is 2. The fraction of sp³-hybridized carbons (Fsp3) is 0.235. The Morgan fingerprint density at radius 1 is 1.32 bits per heavy atom. The number of carbonyl (C=O) groups excluding carboxylic acids is 2. The Morgan fingerprint density at radius 2 is 2.04 bits per heavy atom. The van der Waals surface area contributed by atoms with Crippen molar-refractivity contribution in [3.05, 3.63) is 51.2 Å². The highest BCUT2D eigenvalue weighted by Gasteiger charge is 2.30. The zero-order chi connectivity index (χ0) is 18.0. The fourth-order valence-corrected chi connectivity index (χ4v) is 3.71. The molecule has 1 fully saturated rings. The van der Waals surface area contributed by atoms with Crippen LogP contribution < -0.4 is 16.0 Å². The maximum absolute atomic E-state index is 12.3. The van der Waals surface area contributed by atoms with E-state index < -0.39 is 0 Å². The van der Waals surface area contributed by atoms with Crippen molar-refractivity contribution in [1.82, 2.24) is 5.32 Å². The Morgan fingerprint density at radius 3 is 2.64 bits per heavy atom. The molecular formula is C17H17ClN4O2S. The number of amidine groups is 1. The molecule has 130 valence electrons. The number of thiophene rings is 1. The van der Waals surface area contributed by atoms with Crippen LogP contribution in [0.1, 0.15) is 21.7 Å². The van der Waals surface area contributed by atoms with Crippen LogP contribution in [0.5, 0.6) is 0 Å². The van der Waals surface area contributed by atoms with Crippen molar-refractivity contribution >= 4 is 46.3 Å². The lowest BCUT2D eigenvalue weighted by atomic mass is 10.1. The van der Waals surface area contributed by atoms with Crippen LogP contribution in [-0.4, -0.2) is 30.7 Å². The number of carbonyl (C=O) groups is 2. The highest BCUT2D eigenvalue weighted by molar-refractivity contribution is 7.17. The number of amides is 2. The van der Waals surface area contributed by atoms with Crippen LogP contribution in [0.3, 0.4) is 0 Å². The molecule has 0 spiro atoms. The van der Waals surface area contributed by atoms with Crippen LogP contribution in [0.15, 0.2) is 36.4 Å². The SMILES string of the molecule is N=C(N)c1ccc(N2CC(CNC(=O)c3ccc(Cl)s3)CC2=O)cc1. The fourth-order valence-electron chi connectivity index (χ4n) is 2.75. The summed E-state index contributed by atoms with van der Waals surface area (Å²) in [7, 11) is 0. The summed E-state index contributed by atoms with van der Waals surface area (Å²) in [6, 6.07) is 10.4. The zero-order valence-electron chi connectivity index (χ0n) is 13.3. The molecule has 2 heterocycles. The molecule has 1 saturated heterocycles. The predicted octanol–water partition coefficient (Wildman–Crippen LogP) is 2.47. The minimum atomic E-state index is -0.173. The molecule has 0 aliphatic carbocycles. The van der Waals surface area contributed by atoms with Gasteiger partial charge in [0.2, 0.25) is 5.91 Å². The lowest BCUT2D eigenvalue weighted by Gasteiger charge is -2.17. The summed E-state index contributed by atoms with van der Waals surface area (Å²) in [5.74, 6) is -0.101. The van der Waals surface area contributed by atoms with Gasteiger partial charge in [-0.25, -0.2) is 0 Å². The number of nitrogens with zero attached hydrogens (tertiary/aromatic N) is 1. The molecule has 3 rings (SSSR count). The number of halogens is 1. The van der Waals surface area contributed by atoms with Gasteiger partial charge in [-0.2, -0.15) is 0 Å². The third-order valence-electron chi connectivity index (χ3n) is 4.04. The molecule has 4 N–H and O–H groups in total. The molecular weight excluding hydrogens is 360 g/mol. The van der Waals surface area contributed by atoms with Crippen LogP contribution in [-0.2, 0) is 4.79 Å². The summed E-state index contributed by atoms with van der Waals surface area (Å²) in [4.78, 5) is 26.6. The van der Waals surface area contributed by atoms with Crippen LogP contribution in [0.2, 0.25) is 4.34 Å². The van der Waals surface area contributed by atoms with Gasteiger partial charge in [-0.1, -0.05) is 11.6 Å². The zero-order valence-corrected chi connectivity index (χ0v) is 14.9. The second kappa shape index (κ2) is 7.25. The number of rotatable bonds is 5. The molecule has 1 unspecified atom stereocenters. The van der Waals surface area contributed by atoms with E-state index in [1.54, 1.807) is 41.3 Å². The third-order valence-corrected chi connectivity index (χ3v) is 5.27. The normalized spacial score (nSPS) is 16.9. The molecule has 1 aromatic carbocycles. The van der Waals surface area contributed by atoms with Gasteiger partial charge in [0.15, 0.2) is 0 Å². The van der Waals surface area contributed by atoms with Crippen LogP contribution in [0, 0.1) is 11.3 Å². The minimum absolute atomic E-state index is 0.00596. The number of anilines is 1. The summed E-state index contributed by atoms with van der Waals surface area (Å²) >= 11 is 7.06. The first-order valence-corrected chi connectivity index (χ1v) is 8.92. The van der Waals surface area contributed by atoms with Crippen LogP contribution in [0.25, 0.3) is 0 Å². The molecule has 2 amide bonds. The van der Waals surface area contributed by atoms with Crippen LogP contribution in [0.4, 0.5) is 5.69 Å². The van der Waals surface area contributed by atoms with E-state index in [2.05, 4.69) is 5.32 Å². The van der Waals surface area contributed by atoms with Crippen molar-refractivity contribution in [1.29, 1.82) is 5.41 Å². The van der Waals surface area contributed by atoms with Crippen molar-refractivity contribution in [3.8, 4) is 0 Å². The van der Waals surface area contributed by atoms with E-state index in [0.29, 0.717) is 34.3 Å². The Bertz CT molecular complexity index is 818. The van der Waals surface area contributed by atoms with Crippen molar-refractivity contribution in [3.63, 3.8) is 0 Å². The maximum atomic E-state index is 12.3. The minimum Gasteiger partial charge on any atom is -0.384 e. The maximum Gasteiger partial charge on any atom is 0.261 e. The molecule has 0 radical (unpaired) electrons. The molecule has 0 saturated carbocycles. The van der Waals surface area contributed by atoms with Gasteiger partial charge >= 0.3 is 0 Å². The quantitative estimate of drug-likeness (QED) is 0.552. The number of benzene rings is 1. The van der Waals surface area contributed by atoms with E-state index in [-0.39, 0.29) is 23.6 Å². The van der Waals surface area contributed by atoms with Gasteiger partial charge in [-0.15, -0.1) is 11.3 Å². The van der Waals surface area contributed by atoms with Crippen molar-refractivity contribution in [2.75, 3.05) is 18.0 Å². The van der Waals surface area contributed by atoms with E-state index in [1.165, 1.54) is 11.3 Å². The predicted molar refractivity (Wildman–Crippen MR) is 99.6 cm³/mol. The van der Waals surface area contributed by atoms with E-state index in [9.17, 15) is 9.59 Å². The topological polar surface area (TPSA) is 99.3 Å². The van der Waals surface area contributed by atoms with Gasteiger partial charge in [-0.05, 0) is 36.4 Å². The lowest BCUT2D eigenvalue weighted by Crippen LogP contribution is -2.30. The largest absolute Gasteiger partial charge is 0.384 e. The number of hydrogen-bond acceptors (Lipinski definition) is 4. The number of nitrogen functional groups attached to an aromatic ring is 1. The highest BCUT2D eigenvalue weighted by atomic mass is 35.5. The van der Waals surface area contributed by atoms with E-state index in [0.717, 1.165) is 5.69 Å². The number of hydrogen-bond donors (Lipinski definition) is 3. The van der Waals surface area contributed by atoms with E-state index >= 15 is 0 Å². The lowest BCUT2D eigenvalue weighted by molar-refractivity contribution is -0.117. The van der Waals surface area contributed by atoms with Crippen LogP contribution >= 0.6 is 22.9 Å². The van der Waals surface area contributed by atoms with Gasteiger partial charge in [0.25, 0.3) is 5.91 Å². The average Bonchev–Trinajstić information content (AvgIpc) is 3.18.